The van der Waals surface area contributed by atoms with Crippen LogP contribution in [0.15, 0.2) is 41.8 Å². The van der Waals surface area contributed by atoms with Crippen molar-refractivity contribution in [2.75, 3.05) is 5.32 Å². The topological polar surface area (TPSA) is 38.3 Å². The molecule has 3 nitrogen and oxygen atoms in total. The molecule has 2 aliphatic rings. The van der Waals surface area contributed by atoms with Crippen molar-refractivity contribution in [2.24, 2.45) is 5.92 Å². The fourth-order valence-electron chi connectivity index (χ4n) is 3.34. The third kappa shape index (κ3) is 2.05. The van der Waals surface area contributed by atoms with Crippen molar-refractivity contribution in [1.29, 1.82) is 0 Å². The summed E-state index contributed by atoms with van der Waals surface area (Å²) < 4.78 is 5.91. The molecule has 21 heavy (non-hydrogen) atoms. The number of cyclic esters (lactones) is 1. The summed E-state index contributed by atoms with van der Waals surface area (Å²) in [7, 11) is 0. The average molecular weight is 299 g/mol. The fraction of sp³-hybridized carbons (Fsp3) is 0.353. The largest absolute Gasteiger partial charge is 0.432 e. The van der Waals surface area contributed by atoms with Crippen molar-refractivity contribution < 1.29 is 9.53 Å². The van der Waals surface area contributed by atoms with Crippen LogP contribution in [-0.2, 0) is 10.3 Å². The molecular formula is C17H17NO2S. The Kier molecular flexibility index (Phi) is 3.00. The van der Waals surface area contributed by atoms with Crippen LogP contribution in [0.1, 0.15) is 36.1 Å². The van der Waals surface area contributed by atoms with Crippen LogP contribution in [0, 0.1) is 5.92 Å². The number of anilines is 1. The van der Waals surface area contributed by atoms with Crippen LogP contribution < -0.4 is 5.32 Å². The summed E-state index contributed by atoms with van der Waals surface area (Å²) in [5.74, 6) is 0.644. The number of hydrogen-bond acceptors (Lipinski definition) is 3. The lowest BCUT2D eigenvalue weighted by Crippen LogP contribution is -2.42. The number of thiophene rings is 1. The van der Waals surface area contributed by atoms with E-state index in [0.717, 1.165) is 22.5 Å². The summed E-state index contributed by atoms with van der Waals surface area (Å²) in [4.78, 5) is 13.2. The molecule has 1 aliphatic carbocycles. The van der Waals surface area contributed by atoms with Gasteiger partial charge >= 0.3 is 6.09 Å². The van der Waals surface area contributed by atoms with Crippen LogP contribution in [0.4, 0.5) is 10.5 Å². The standard InChI is InChI=1S/C17H17NO2S/c19-16-18-14-8-2-1-7-13(14)17(20-16,11-12-5-3-6-12)15-9-4-10-21-15/h1-2,4,7-10,12H,3,5-6,11H2,(H,18,19). The molecule has 0 saturated heterocycles. The predicted octanol–water partition coefficient (Wildman–Crippen LogP) is 4.74. The second kappa shape index (κ2) is 4.88. The van der Waals surface area contributed by atoms with Gasteiger partial charge < -0.3 is 4.74 Å². The smallest absolute Gasteiger partial charge is 0.412 e. The van der Waals surface area contributed by atoms with Crippen molar-refractivity contribution in [3.63, 3.8) is 0 Å². The lowest BCUT2D eigenvalue weighted by Gasteiger charge is -2.42. The molecule has 1 aromatic carbocycles. The van der Waals surface area contributed by atoms with Gasteiger partial charge in [-0.1, -0.05) is 43.5 Å². The van der Waals surface area contributed by atoms with E-state index in [-0.39, 0.29) is 6.09 Å². The van der Waals surface area contributed by atoms with Crippen LogP contribution in [-0.4, -0.2) is 6.09 Å². The Morgan fingerprint density at radius 1 is 1.24 bits per heavy atom. The van der Waals surface area contributed by atoms with Gasteiger partial charge in [0.2, 0.25) is 0 Å². The Morgan fingerprint density at radius 3 is 2.81 bits per heavy atom. The highest BCUT2D eigenvalue weighted by atomic mass is 32.1. The molecule has 1 aliphatic heterocycles. The number of benzene rings is 1. The summed E-state index contributed by atoms with van der Waals surface area (Å²) in [5.41, 5.74) is 1.35. The van der Waals surface area contributed by atoms with Gasteiger partial charge in [-0.15, -0.1) is 11.3 Å². The second-order valence-electron chi connectivity index (χ2n) is 5.87. The normalized spacial score (nSPS) is 24.7. The average Bonchev–Trinajstić information content (AvgIpc) is 2.97. The molecular weight excluding hydrogens is 282 g/mol. The van der Waals surface area contributed by atoms with Gasteiger partial charge in [0.1, 0.15) is 0 Å². The molecule has 4 heteroatoms. The number of fused-ring (bicyclic) bond motifs is 1. The number of amides is 1. The third-order valence-corrected chi connectivity index (χ3v) is 5.60. The number of carbonyl (C=O) groups excluding carboxylic acids is 1. The van der Waals surface area contributed by atoms with E-state index >= 15 is 0 Å². The van der Waals surface area contributed by atoms with E-state index in [1.807, 2.05) is 24.3 Å². The summed E-state index contributed by atoms with van der Waals surface area (Å²) in [6, 6.07) is 12.1. The van der Waals surface area contributed by atoms with E-state index in [0.29, 0.717) is 5.92 Å². The van der Waals surface area contributed by atoms with Crippen LogP contribution in [0.3, 0.4) is 0 Å². The predicted molar refractivity (Wildman–Crippen MR) is 83.6 cm³/mol. The second-order valence-corrected chi connectivity index (χ2v) is 6.81. The van der Waals surface area contributed by atoms with E-state index in [2.05, 4.69) is 22.8 Å². The third-order valence-electron chi connectivity index (χ3n) is 4.59. The first-order chi connectivity index (χ1) is 10.3. The zero-order chi connectivity index (χ0) is 14.3. The van der Waals surface area contributed by atoms with Crippen molar-refractivity contribution in [3.8, 4) is 0 Å². The Bertz CT molecular complexity index is 663. The molecule has 108 valence electrons. The first kappa shape index (κ1) is 12.9. The molecule has 1 aromatic heterocycles. The zero-order valence-electron chi connectivity index (χ0n) is 11.7. The first-order valence-corrected chi connectivity index (χ1v) is 8.29. The van der Waals surface area contributed by atoms with Gasteiger partial charge in [0.25, 0.3) is 0 Å². The van der Waals surface area contributed by atoms with Gasteiger partial charge in [-0.2, -0.15) is 0 Å². The lowest BCUT2D eigenvalue weighted by molar-refractivity contribution is 0.0164. The van der Waals surface area contributed by atoms with Gasteiger partial charge in [0.15, 0.2) is 5.60 Å². The minimum atomic E-state index is -0.613. The number of ether oxygens (including phenoxy) is 1. The monoisotopic (exact) mass is 299 g/mol. The van der Waals surface area contributed by atoms with Crippen molar-refractivity contribution in [1.82, 2.24) is 0 Å². The molecule has 1 atom stereocenters. The summed E-state index contributed by atoms with van der Waals surface area (Å²) in [5, 5.41) is 4.88. The summed E-state index contributed by atoms with van der Waals surface area (Å²) >= 11 is 1.67. The maximum atomic E-state index is 12.1. The maximum Gasteiger partial charge on any atom is 0.412 e. The fourth-order valence-corrected chi connectivity index (χ4v) is 4.23. The highest BCUT2D eigenvalue weighted by Crippen LogP contribution is 2.49. The van der Waals surface area contributed by atoms with Crippen LogP contribution in [0.25, 0.3) is 0 Å². The Hall–Kier alpha value is -1.81. The minimum absolute atomic E-state index is 0.346. The molecule has 4 rings (SSSR count). The first-order valence-electron chi connectivity index (χ1n) is 7.41. The SMILES string of the molecule is O=C1Nc2ccccc2C(CC2CCC2)(c2cccs2)O1. The van der Waals surface area contributed by atoms with E-state index in [4.69, 9.17) is 4.74 Å². The molecule has 1 saturated carbocycles. The van der Waals surface area contributed by atoms with Crippen molar-refractivity contribution in [2.45, 2.75) is 31.3 Å². The molecule has 0 spiro atoms. The van der Waals surface area contributed by atoms with Crippen molar-refractivity contribution >= 4 is 23.1 Å². The molecule has 1 unspecified atom stereocenters. The highest BCUT2D eigenvalue weighted by molar-refractivity contribution is 7.10. The summed E-state index contributed by atoms with van der Waals surface area (Å²) in [6.07, 6.45) is 4.30. The van der Waals surface area contributed by atoms with Gasteiger partial charge in [-0.3, -0.25) is 5.32 Å². The van der Waals surface area contributed by atoms with E-state index in [1.54, 1.807) is 11.3 Å². The molecule has 0 bridgehead atoms. The molecule has 2 aromatic rings. The molecule has 2 heterocycles. The van der Waals surface area contributed by atoms with Crippen LogP contribution in [0.5, 0.6) is 0 Å². The Labute approximate surface area is 127 Å². The number of nitrogens with one attached hydrogen (secondary N) is 1. The molecule has 0 radical (unpaired) electrons. The highest BCUT2D eigenvalue weighted by Gasteiger charge is 2.46. The minimum Gasteiger partial charge on any atom is -0.432 e. The number of hydrogen-bond donors (Lipinski definition) is 1. The van der Waals surface area contributed by atoms with E-state index in [9.17, 15) is 4.79 Å². The molecule has 1 amide bonds. The zero-order valence-corrected chi connectivity index (χ0v) is 12.5. The number of rotatable bonds is 3. The maximum absolute atomic E-state index is 12.1. The number of carbonyl (C=O) groups is 1. The molecule has 1 fully saturated rings. The van der Waals surface area contributed by atoms with E-state index in [1.165, 1.54) is 19.3 Å². The Balaban J connectivity index is 1.87. The van der Waals surface area contributed by atoms with Gasteiger partial charge in [-0.05, 0) is 29.9 Å². The van der Waals surface area contributed by atoms with Crippen LogP contribution in [0.2, 0.25) is 0 Å². The van der Waals surface area contributed by atoms with Crippen LogP contribution >= 0.6 is 11.3 Å². The lowest BCUT2D eigenvalue weighted by atomic mass is 9.73. The number of para-hydroxylation sites is 1. The van der Waals surface area contributed by atoms with Crippen molar-refractivity contribution in [3.05, 3.63) is 52.2 Å². The van der Waals surface area contributed by atoms with Gasteiger partial charge in [0.05, 0.1) is 10.6 Å². The summed E-state index contributed by atoms with van der Waals surface area (Å²) in [6.45, 7) is 0. The van der Waals surface area contributed by atoms with Gasteiger partial charge in [0, 0.05) is 5.56 Å². The molecule has 1 N–H and O–H groups in total. The Morgan fingerprint density at radius 2 is 2.10 bits per heavy atom. The van der Waals surface area contributed by atoms with E-state index < -0.39 is 5.60 Å². The van der Waals surface area contributed by atoms with Gasteiger partial charge in [-0.25, -0.2) is 4.79 Å². The quantitative estimate of drug-likeness (QED) is 0.888.